The van der Waals surface area contributed by atoms with Crippen LogP contribution in [0.3, 0.4) is 0 Å². The van der Waals surface area contributed by atoms with E-state index in [1.165, 1.54) is 30.8 Å². The van der Waals surface area contributed by atoms with Crippen molar-refractivity contribution in [1.82, 2.24) is 10.1 Å². The van der Waals surface area contributed by atoms with Gasteiger partial charge >= 0.3 is 0 Å². The molecule has 0 aliphatic heterocycles. The van der Waals surface area contributed by atoms with E-state index in [9.17, 15) is 9.18 Å². The standard InChI is InChI=1S/C11H9FN2O2S/c1-7(15)11-13-10(14-16-11)6-17-9-4-2-3-8(12)5-9/h2-5H,6H2,1H3. The first-order chi connectivity index (χ1) is 8.15. The van der Waals surface area contributed by atoms with Gasteiger partial charge in [0.05, 0.1) is 5.75 Å². The molecule has 0 amide bonds. The number of hydrogen-bond acceptors (Lipinski definition) is 5. The van der Waals surface area contributed by atoms with Gasteiger partial charge in [-0.2, -0.15) is 4.98 Å². The number of Topliss-reactive ketones (excluding diaryl/α,β-unsaturated/α-hetero) is 1. The highest BCUT2D eigenvalue weighted by Crippen LogP contribution is 2.21. The lowest BCUT2D eigenvalue weighted by Gasteiger charge is -1.97. The third-order valence-corrected chi connectivity index (χ3v) is 2.92. The maximum absolute atomic E-state index is 12.9. The number of ketones is 1. The van der Waals surface area contributed by atoms with Crippen LogP contribution in [0, 0.1) is 5.82 Å². The van der Waals surface area contributed by atoms with E-state index < -0.39 is 0 Å². The Morgan fingerprint density at radius 3 is 3.00 bits per heavy atom. The maximum atomic E-state index is 12.9. The number of halogens is 1. The number of hydrogen-bond donors (Lipinski definition) is 0. The molecule has 0 fully saturated rings. The molecule has 2 aromatic rings. The Labute approximate surface area is 101 Å². The van der Waals surface area contributed by atoms with E-state index in [2.05, 4.69) is 10.1 Å². The molecule has 1 heterocycles. The van der Waals surface area contributed by atoms with Crippen LogP contribution in [0.2, 0.25) is 0 Å². The van der Waals surface area contributed by atoms with Gasteiger partial charge in [-0.3, -0.25) is 4.79 Å². The van der Waals surface area contributed by atoms with Gasteiger partial charge in [-0.05, 0) is 18.2 Å². The van der Waals surface area contributed by atoms with Gasteiger partial charge < -0.3 is 4.52 Å². The summed E-state index contributed by atoms with van der Waals surface area (Å²) >= 11 is 1.38. The van der Waals surface area contributed by atoms with Crippen LogP contribution in [0.1, 0.15) is 23.4 Å². The highest BCUT2D eigenvalue weighted by atomic mass is 32.2. The predicted molar refractivity (Wildman–Crippen MR) is 60.3 cm³/mol. The Morgan fingerprint density at radius 1 is 1.53 bits per heavy atom. The lowest BCUT2D eigenvalue weighted by atomic mass is 10.4. The van der Waals surface area contributed by atoms with Crippen molar-refractivity contribution in [2.24, 2.45) is 0 Å². The minimum absolute atomic E-state index is 0.000146. The van der Waals surface area contributed by atoms with Crippen LogP contribution < -0.4 is 0 Å². The fraction of sp³-hybridized carbons (Fsp3) is 0.182. The van der Waals surface area contributed by atoms with Gasteiger partial charge in [0.2, 0.25) is 5.78 Å². The van der Waals surface area contributed by atoms with E-state index in [1.807, 2.05) is 0 Å². The number of aromatic nitrogens is 2. The zero-order valence-corrected chi connectivity index (χ0v) is 9.83. The van der Waals surface area contributed by atoms with Gasteiger partial charge in [0, 0.05) is 11.8 Å². The quantitative estimate of drug-likeness (QED) is 0.618. The molecule has 0 aliphatic rings. The SMILES string of the molecule is CC(=O)c1nc(CSc2cccc(F)c2)no1. The highest BCUT2D eigenvalue weighted by molar-refractivity contribution is 7.98. The average Bonchev–Trinajstić information content (AvgIpc) is 2.75. The second kappa shape index (κ2) is 5.09. The number of rotatable bonds is 4. The van der Waals surface area contributed by atoms with E-state index in [1.54, 1.807) is 12.1 Å². The zero-order chi connectivity index (χ0) is 12.3. The summed E-state index contributed by atoms with van der Waals surface area (Å²) in [5.41, 5.74) is 0. The third kappa shape index (κ3) is 3.13. The van der Waals surface area contributed by atoms with Gasteiger partial charge in [0.1, 0.15) is 5.82 Å². The van der Waals surface area contributed by atoms with Crippen LogP contribution in [0.15, 0.2) is 33.7 Å². The van der Waals surface area contributed by atoms with Crippen molar-refractivity contribution in [3.63, 3.8) is 0 Å². The Hall–Kier alpha value is -1.69. The fourth-order valence-corrected chi connectivity index (χ4v) is 1.94. The van der Waals surface area contributed by atoms with Crippen molar-refractivity contribution in [1.29, 1.82) is 0 Å². The molecule has 0 unspecified atom stereocenters. The number of carbonyl (C=O) groups excluding carboxylic acids is 1. The van der Waals surface area contributed by atoms with Gasteiger partial charge in [0.25, 0.3) is 5.89 Å². The molecule has 4 nitrogen and oxygen atoms in total. The first-order valence-corrected chi connectivity index (χ1v) is 5.85. The molecule has 1 aromatic carbocycles. The molecule has 1 aromatic heterocycles. The Morgan fingerprint density at radius 2 is 2.35 bits per heavy atom. The average molecular weight is 252 g/mol. The van der Waals surface area contributed by atoms with E-state index >= 15 is 0 Å². The van der Waals surface area contributed by atoms with Crippen molar-refractivity contribution in [2.75, 3.05) is 0 Å². The molecule has 0 N–H and O–H groups in total. The number of benzene rings is 1. The Balaban J connectivity index is 2.00. The summed E-state index contributed by atoms with van der Waals surface area (Å²) in [4.78, 5) is 15.6. The van der Waals surface area contributed by atoms with Crippen molar-refractivity contribution < 1.29 is 13.7 Å². The molecule has 0 atom stereocenters. The zero-order valence-electron chi connectivity index (χ0n) is 9.01. The Bertz CT molecular complexity index is 542. The summed E-state index contributed by atoms with van der Waals surface area (Å²) in [5.74, 6) is 0.302. The Kier molecular flexibility index (Phi) is 3.53. The summed E-state index contributed by atoms with van der Waals surface area (Å²) in [7, 11) is 0. The van der Waals surface area contributed by atoms with Crippen LogP contribution in [-0.2, 0) is 5.75 Å². The van der Waals surface area contributed by atoms with Crippen LogP contribution in [0.4, 0.5) is 4.39 Å². The monoisotopic (exact) mass is 252 g/mol. The van der Waals surface area contributed by atoms with Gasteiger partial charge in [-0.1, -0.05) is 11.2 Å². The molecule has 6 heteroatoms. The van der Waals surface area contributed by atoms with Crippen LogP contribution in [-0.4, -0.2) is 15.9 Å². The largest absolute Gasteiger partial charge is 0.331 e. The topological polar surface area (TPSA) is 56.0 Å². The first kappa shape index (κ1) is 11.8. The van der Waals surface area contributed by atoms with Crippen LogP contribution in [0.5, 0.6) is 0 Å². The minimum Gasteiger partial charge on any atom is -0.331 e. The van der Waals surface area contributed by atoms with E-state index in [4.69, 9.17) is 4.52 Å². The first-order valence-electron chi connectivity index (χ1n) is 4.87. The second-order valence-corrected chi connectivity index (χ2v) is 4.37. The number of thioether (sulfide) groups is 1. The maximum Gasteiger partial charge on any atom is 0.293 e. The van der Waals surface area contributed by atoms with Gasteiger partial charge in [-0.25, -0.2) is 4.39 Å². The summed E-state index contributed by atoms with van der Waals surface area (Å²) in [5, 5.41) is 3.65. The van der Waals surface area contributed by atoms with Gasteiger partial charge in [-0.15, -0.1) is 11.8 Å². The molecule has 0 bridgehead atoms. The summed E-state index contributed by atoms with van der Waals surface area (Å²) in [6.45, 7) is 1.36. The van der Waals surface area contributed by atoms with Crippen molar-refractivity contribution in [3.05, 3.63) is 41.8 Å². The van der Waals surface area contributed by atoms with Gasteiger partial charge in [0.15, 0.2) is 5.82 Å². The summed E-state index contributed by atoms with van der Waals surface area (Å²) in [6.07, 6.45) is 0. The minimum atomic E-state index is -0.285. The molecule has 17 heavy (non-hydrogen) atoms. The van der Waals surface area contributed by atoms with E-state index in [-0.39, 0.29) is 17.5 Å². The van der Waals surface area contributed by atoms with Crippen LogP contribution in [0.25, 0.3) is 0 Å². The molecular formula is C11H9FN2O2S. The number of nitrogens with zero attached hydrogens (tertiary/aromatic N) is 2. The fourth-order valence-electron chi connectivity index (χ4n) is 1.16. The van der Waals surface area contributed by atoms with E-state index in [0.717, 1.165) is 4.90 Å². The summed E-state index contributed by atoms with van der Waals surface area (Å²) in [6, 6.07) is 6.23. The van der Waals surface area contributed by atoms with Crippen LogP contribution >= 0.6 is 11.8 Å². The normalized spacial score (nSPS) is 10.5. The highest BCUT2D eigenvalue weighted by Gasteiger charge is 2.10. The smallest absolute Gasteiger partial charge is 0.293 e. The summed E-state index contributed by atoms with van der Waals surface area (Å²) < 4.78 is 17.6. The van der Waals surface area contributed by atoms with E-state index in [0.29, 0.717) is 11.6 Å². The number of carbonyl (C=O) groups is 1. The second-order valence-electron chi connectivity index (χ2n) is 3.32. The molecule has 0 radical (unpaired) electrons. The third-order valence-electron chi connectivity index (χ3n) is 1.93. The molecule has 88 valence electrons. The molecular weight excluding hydrogens is 243 g/mol. The van der Waals surface area contributed by atoms with Crippen molar-refractivity contribution in [2.45, 2.75) is 17.6 Å². The van der Waals surface area contributed by atoms with Crippen molar-refractivity contribution in [3.8, 4) is 0 Å². The molecule has 0 saturated heterocycles. The molecule has 2 rings (SSSR count). The van der Waals surface area contributed by atoms with Crippen molar-refractivity contribution >= 4 is 17.5 Å². The molecule has 0 saturated carbocycles. The molecule has 0 spiro atoms. The lowest BCUT2D eigenvalue weighted by Crippen LogP contribution is -1.92. The lowest BCUT2D eigenvalue weighted by molar-refractivity contribution is 0.0972. The molecule has 0 aliphatic carbocycles. The predicted octanol–water partition coefficient (Wildman–Crippen LogP) is 2.70.